The van der Waals surface area contributed by atoms with Crippen molar-refractivity contribution in [3.05, 3.63) is 70.8 Å². The van der Waals surface area contributed by atoms with Crippen LogP contribution in [0.15, 0.2) is 42.5 Å². The minimum absolute atomic E-state index is 0.141. The fourth-order valence-corrected chi connectivity index (χ4v) is 2.76. The molecule has 0 saturated heterocycles. The van der Waals surface area contributed by atoms with Gasteiger partial charge in [-0.1, -0.05) is 30.3 Å². The molecule has 1 amide bonds. The van der Waals surface area contributed by atoms with Crippen LogP contribution in [0.25, 0.3) is 0 Å². The van der Waals surface area contributed by atoms with Crippen molar-refractivity contribution in [2.24, 2.45) is 0 Å². The van der Waals surface area contributed by atoms with Gasteiger partial charge in [0, 0.05) is 5.54 Å². The Kier molecular flexibility index (Phi) is 5.42. The maximum absolute atomic E-state index is 13.8. The Bertz CT molecular complexity index is 754. The lowest BCUT2D eigenvalue weighted by molar-refractivity contribution is 0.0809. The molecule has 0 fully saturated rings. The number of carboxylic acid groups (broad SMARTS) is 1. The molecule has 0 heterocycles. The first-order valence-corrected chi connectivity index (χ1v) is 7.82. The largest absolute Gasteiger partial charge is 0.465 e. The summed E-state index contributed by atoms with van der Waals surface area (Å²) in [5.41, 5.74) is 0.815. The van der Waals surface area contributed by atoms with E-state index < -0.39 is 29.3 Å². The quantitative estimate of drug-likeness (QED) is 0.864. The molecule has 2 aromatic carbocycles. The monoisotopic (exact) mass is 349 g/mol. The van der Waals surface area contributed by atoms with E-state index in [1.165, 1.54) is 11.0 Å². The van der Waals surface area contributed by atoms with E-state index in [0.29, 0.717) is 16.7 Å². The molecule has 0 aliphatic carbocycles. The highest BCUT2D eigenvalue weighted by molar-refractivity contribution is 5.68. The second-order valence-electron chi connectivity index (χ2n) is 6.80. The predicted molar refractivity (Wildman–Crippen MR) is 90.2 cm³/mol. The first-order valence-electron chi connectivity index (χ1n) is 7.82. The summed E-state index contributed by atoms with van der Waals surface area (Å²) >= 11 is 0. The summed E-state index contributed by atoms with van der Waals surface area (Å²) in [5, 5.41) is 18.9. The topological polar surface area (TPSA) is 60.8 Å². The fourth-order valence-electron chi connectivity index (χ4n) is 2.76. The molecule has 0 saturated carbocycles. The van der Waals surface area contributed by atoms with Crippen LogP contribution in [0.4, 0.5) is 13.6 Å². The van der Waals surface area contributed by atoms with Crippen molar-refractivity contribution in [3.63, 3.8) is 0 Å². The van der Waals surface area contributed by atoms with Crippen molar-refractivity contribution in [2.45, 2.75) is 39.0 Å². The minimum atomic E-state index is -1.17. The molecule has 0 aliphatic rings. The van der Waals surface area contributed by atoms with E-state index in [-0.39, 0.29) is 6.61 Å². The average molecular weight is 349 g/mol. The summed E-state index contributed by atoms with van der Waals surface area (Å²) < 4.78 is 27.1. The Hall–Kier alpha value is -2.47. The number of carbonyl (C=O) groups is 1. The zero-order chi connectivity index (χ0) is 18.8. The molecule has 2 aromatic rings. The van der Waals surface area contributed by atoms with Gasteiger partial charge in [0.1, 0.15) is 0 Å². The van der Waals surface area contributed by atoms with Crippen LogP contribution in [-0.4, -0.2) is 26.7 Å². The average Bonchev–Trinajstić information content (AvgIpc) is 2.54. The van der Waals surface area contributed by atoms with Gasteiger partial charge in [-0.2, -0.15) is 0 Å². The van der Waals surface area contributed by atoms with Gasteiger partial charge < -0.3 is 10.2 Å². The van der Waals surface area contributed by atoms with Crippen molar-refractivity contribution >= 4 is 6.09 Å². The highest BCUT2D eigenvalue weighted by atomic mass is 19.2. The van der Waals surface area contributed by atoms with E-state index in [2.05, 4.69) is 0 Å². The van der Waals surface area contributed by atoms with Crippen LogP contribution >= 0.6 is 0 Å². The predicted octanol–water partition coefficient (Wildman–Crippen LogP) is 4.33. The molecule has 1 atom stereocenters. The van der Waals surface area contributed by atoms with Crippen LogP contribution < -0.4 is 0 Å². The SMILES string of the molecule is CC(C)(C)N(C(=O)O)C(c1ccc(CO)cc1)c1ccc(F)c(F)c1. The summed E-state index contributed by atoms with van der Waals surface area (Å²) in [6, 6.07) is 9.27. The van der Waals surface area contributed by atoms with Gasteiger partial charge in [0.2, 0.25) is 0 Å². The second-order valence-corrected chi connectivity index (χ2v) is 6.80. The van der Waals surface area contributed by atoms with Crippen LogP contribution in [0.3, 0.4) is 0 Å². The lowest BCUT2D eigenvalue weighted by atomic mass is 9.92. The van der Waals surface area contributed by atoms with Crippen molar-refractivity contribution in [1.82, 2.24) is 4.90 Å². The van der Waals surface area contributed by atoms with Gasteiger partial charge in [0.15, 0.2) is 11.6 Å². The molecule has 0 bridgehead atoms. The third-order valence-corrected chi connectivity index (χ3v) is 3.92. The number of amides is 1. The van der Waals surface area contributed by atoms with Crippen molar-refractivity contribution < 1.29 is 23.8 Å². The Labute approximate surface area is 145 Å². The molecule has 1 unspecified atom stereocenters. The molecule has 0 aromatic heterocycles. The number of halogens is 2. The summed E-state index contributed by atoms with van der Waals surface area (Å²) in [4.78, 5) is 13.1. The molecule has 0 radical (unpaired) electrons. The van der Waals surface area contributed by atoms with E-state index in [1.54, 1.807) is 45.0 Å². The summed E-state index contributed by atoms with van der Waals surface area (Å²) in [5.74, 6) is -2.02. The Balaban J connectivity index is 2.64. The van der Waals surface area contributed by atoms with Crippen molar-refractivity contribution in [2.75, 3.05) is 0 Å². The van der Waals surface area contributed by atoms with Gasteiger partial charge in [-0.3, -0.25) is 4.90 Å². The molecule has 25 heavy (non-hydrogen) atoms. The van der Waals surface area contributed by atoms with Crippen LogP contribution in [0.2, 0.25) is 0 Å². The lowest BCUT2D eigenvalue weighted by Gasteiger charge is -2.40. The maximum atomic E-state index is 13.8. The van der Waals surface area contributed by atoms with E-state index in [1.807, 2.05) is 0 Å². The van der Waals surface area contributed by atoms with Crippen LogP contribution in [-0.2, 0) is 6.61 Å². The normalized spacial score (nSPS) is 12.7. The molecular formula is C19H21F2NO3. The summed E-state index contributed by atoms with van der Waals surface area (Å²) in [7, 11) is 0. The van der Waals surface area contributed by atoms with E-state index in [9.17, 15) is 23.8 Å². The molecule has 0 spiro atoms. The van der Waals surface area contributed by atoms with Crippen molar-refractivity contribution in [1.29, 1.82) is 0 Å². The molecule has 134 valence electrons. The van der Waals surface area contributed by atoms with Gasteiger partial charge in [-0.15, -0.1) is 0 Å². The highest BCUT2D eigenvalue weighted by Gasteiger charge is 2.35. The zero-order valence-corrected chi connectivity index (χ0v) is 14.3. The number of hydrogen-bond donors (Lipinski definition) is 2. The van der Waals surface area contributed by atoms with Gasteiger partial charge in [-0.25, -0.2) is 13.6 Å². The first kappa shape index (κ1) is 18.9. The Morgan fingerprint density at radius 2 is 1.60 bits per heavy atom. The Morgan fingerprint density at radius 3 is 2.04 bits per heavy atom. The van der Waals surface area contributed by atoms with Crippen LogP contribution in [0, 0.1) is 11.6 Å². The smallest absolute Gasteiger partial charge is 0.408 e. The van der Waals surface area contributed by atoms with Crippen LogP contribution in [0.5, 0.6) is 0 Å². The number of benzene rings is 2. The molecule has 2 rings (SSSR count). The number of aliphatic hydroxyl groups is 1. The molecule has 0 aliphatic heterocycles. The zero-order valence-electron chi connectivity index (χ0n) is 14.3. The fraction of sp³-hybridized carbons (Fsp3) is 0.316. The van der Waals surface area contributed by atoms with Gasteiger partial charge in [0.25, 0.3) is 0 Å². The van der Waals surface area contributed by atoms with E-state index in [4.69, 9.17) is 0 Å². The molecule has 6 heteroatoms. The lowest BCUT2D eigenvalue weighted by Crippen LogP contribution is -2.47. The number of hydrogen-bond acceptors (Lipinski definition) is 2. The minimum Gasteiger partial charge on any atom is -0.465 e. The van der Waals surface area contributed by atoms with Crippen molar-refractivity contribution in [3.8, 4) is 0 Å². The first-order chi connectivity index (χ1) is 11.6. The van der Waals surface area contributed by atoms with E-state index >= 15 is 0 Å². The number of rotatable bonds is 4. The summed E-state index contributed by atoms with van der Waals surface area (Å²) in [6.07, 6.45) is -1.17. The maximum Gasteiger partial charge on any atom is 0.408 e. The Morgan fingerprint density at radius 1 is 1.04 bits per heavy atom. The van der Waals surface area contributed by atoms with Gasteiger partial charge in [0.05, 0.1) is 12.6 Å². The third kappa shape index (κ3) is 4.14. The van der Waals surface area contributed by atoms with Gasteiger partial charge in [-0.05, 0) is 49.6 Å². The standard InChI is InChI=1S/C19H21F2NO3/c1-19(2,3)22(18(24)25)17(13-6-4-12(11-23)5-7-13)14-8-9-15(20)16(21)10-14/h4-10,17,23H,11H2,1-3H3,(H,24,25). The number of nitrogens with zero attached hydrogens (tertiary/aromatic N) is 1. The van der Waals surface area contributed by atoms with E-state index in [0.717, 1.165) is 12.1 Å². The molecular weight excluding hydrogens is 328 g/mol. The number of aliphatic hydroxyl groups excluding tert-OH is 1. The van der Waals surface area contributed by atoms with Crippen LogP contribution in [0.1, 0.15) is 43.5 Å². The molecule has 4 nitrogen and oxygen atoms in total. The third-order valence-electron chi connectivity index (χ3n) is 3.92. The molecule has 2 N–H and O–H groups in total. The highest BCUT2D eigenvalue weighted by Crippen LogP contribution is 2.35. The second kappa shape index (κ2) is 7.19. The summed E-state index contributed by atoms with van der Waals surface area (Å²) in [6.45, 7) is 5.06. The van der Waals surface area contributed by atoms with Gasteiger partial charge >= 0.3 is 6.09 Å².